The van der Waals surface area contributed by atoms with Crippen LogP contribution in [0.3, 0.4) is 0 Å². The fourth-order valence-electron chi connectivity index (χ4n) is 1.81. The van der Waals surface area contributed by atoms with Gasteiger partial charge in [0.2, 0.25) is 6.29 Å². The number of carbonyl (C=O) groups is 3. The van der Waals surface area contributed by atoms with Gasteiger partial charge in [0, 0.05) is 13.1 Å². The van der Waals surface area contributed by atoms with Gasteiger partial charge in [0.15, 0.2) is 0 Å². The van der Waals surface area contributed by atoms with Crippen molar-refractivity contribution in [2.75, 3.05) is 20.7 Å². The Labute approximate surface area is 140 Å². The van der Waals surface area contributed by atoms with E-state index in [9.17, 15) is 19.2 Å². The van der Waals surface area contributed by atoms with Gasteiger partial charge in [0.05, 0.1) is 13.7 Å². The third-order valence-electron chi connectivity index (χ3n) is 3.36. The number of benzene rings is 1. The van der Waals surface area contributed by atoms with Crippen LogP contribution in [0.15, 0.2) is 36.4 Å². The predicted octanol–water partition coefficient (Wildman–Crippen LogP) is 1.25. The zero-order valence-corrected chi connectivity index (χ0v) is 13.8. The van der Waals surface area contributed by atoms with Crippen LogP contribution >= 0.6 is 0 Å². The van der Waals surface area contributed by atoms with Crippen molar-refractivity contribution in [3.8, 4) is 0 Å². The molecule has 0 heterocycles. The van der Waals surface area contributed by atoms with E-state index >= 15 is 0 Å². The molecule has 0 aliphatic rings. The molecule has 0 bridgehead atoms. The lowest BCUT2D eigenvalue weighted by Gasteiger charge is -2.27. The molecule has 1 rings (SSSR count). The molecule has 0 spiro atoms. The predicted molar refractivity (Wildman–Crippen MR) is 87.5 cm³/mol. The minimum absolute atomic E-state index is 0.533. The third-order valence-corrected chi connectivity index (χ3v) is 3.36. The summed E-state index contributed by atoms with van der Waals surface area (Å²) in [7, 11) is 2.54. The number of likely N-dealkylation sites (N-methyl/N-ethyl adjacent to an activating group) is 1. The highest BCUT2D eigenvalue weighted by Crippen LogP contribution is 2.07. The van der Waals surface area contributed by atoms with Gasteiger partial charge in [0.25, 0.3) is 5.91 Å². The van der Waals surface area contributed by atoms with Gasteiger partial charge in [-0.3, -0.25) is 14.5 Å². The van der Waals surface area contributed by atoms with Crippen LogP contribution in [0.4, 0.5) is 4.79 Å². The molecular formula is C17H19N2O5. The second kappa shape index (κ2) is 9.24. The second-order valence-electron chi connectivity index (χ2n) is 4.91. The number of nitrogens with zero attached hydrogens (tertiary/aromatic N) is 2. The molecular weight excluding hydrogens is 312 g/mol. The number of hydrogen-bond acceptors (Lipinski definition) is 5. The first-order chi connectivity index (χ1) is 11.4. The molecule has 0 saturated heterocycles. The van der Waals surface area contributed by atoms with Crippen LogP contribution in [-0.2, 0) is 19.1 Å². The summed E-state index contributed by atoms with van der Waals surface area (Å²) in [6.45, 7) is 0.922. The number of esters is 1. The molecule has 7 heteroatoms. The van der Waals surface area contributed by atoms with E-state index in [0.717, 1.165) is 10.5 Å². The first-order valence-electron chi connectivity index (χ1n) is 7.16. The van der Waals surface area contributed by atoms with Crippen molar-refractivity contribution in [3.63, 3.8) is 0 Å². The average molecular weight is 331 g/mol. The van der Waals surface area contributed by atoms with Gasteiger partial charge in [-0.25, -0.2) is 9.59 Å². The lowest BCUT2D eigenvalue weighted by molar-refractivity contribution is -0.145. The Balaban J connectivity index is 2.90. The van der Waals surface area contributed by atoms with Crippen LogP contribution in [0.5, 0.6) is 0 Å². The van der Waals surface area contributed by atoms with Crippen LogP contribution < -0.4 is 0 Å². The maximum atomic E-state index is 12.4. The highest BCUT2D eigenvalue weighted by molar-refractivity contribution is 6.04. The summed E-state index contributed by atoms with van der Waals surface area (Å²) in [5, 5.41) is 0. The molecule has 127 valence electrons. The van der Waals surface area contributed by atoms with E-state index in [1.165, 1.54) is 39.5 Å². The maximum absolute atomic E-state index is 12.4. The molecule has 24 heavy (non-hydrogen) atoms. The Kier molecular flexibility index (Phi) is 7.35. The quantitative estimate of drug-likeness (QED) is 0.579. The number of carbonyl (C=O) groups excluding carboxylic acids is 4. The SMILES string of the molecule is COC(=O)C(C)N(C)C(=O)N(C[C]=O)C(=O)/C=C/c1ccccc1. The second-order valence-corrected chi connectivity index (χ2v) is 4.91. The number of rotatable bonds is 6. The molecule has 1 aromatic carbocycles. The summed E-state index contributed by atoms with van der Waals surface area (Å²) in [4.78, 5) is 48.5. The van der Waals surface area contributed by atoms with Crippen LogP contribution in [0.1, 0.15) is 12.5 Å². The topological polar surface area (TPSA) is 84.0 Å². The Hall–Kier alpha value is -2.96. The lowest BCUT2D eigenvalue weighted by Crippen LogP contribution is -2.50. The summed E-state index contributed by atoms with van der Waals surface area (Å²) in [6, 6.07) is 7.32. The fourth-order valence-corrected chi connectivity index (χ4v) is 1.81. The minimum Gasteiger partial charge on any atom is -0.467 e. The van der Waals surface area contributed by atoms with Crippen molar-refractivity contribution in [1.29, 1.82) is 0 Å². The summed E-state index contributed by atoms with van der Waals surface area (Å²) in [6.07, 6.45) is 4.23. The first kappa shape index (κ1) is 19.1. The van der Waals surface area contributed by atoms with Crippen molar-refractivity contribution < 1.29 is 23.9 Å². The highest BCUT2D eigenvalue weighted by Gasteiger charge is 2.29. The van der Waals surface area contributed by atoms with Crippen LogP contribution in [-0.4, -0.2) is 60.7 Å². The zero-order valence-electron chi connectivity index (χ0n) is 13.8. The number of ether oxygens (including phenoxy) is 1. The van der Waals surface area contributed by atoms with E-state index in [1.54, 1.807) is 24.3 Å². The van der Waals surface area contributed by atoms with Crippen molar-refractivity contribution in [2.45, 2.75) is 13.0 Å². The standard InChI is InChI=1S/C17H19N2O5/c1-13(16(22)24-3)18(2)17(23)19(11-12-20)15(21)10-9-14-7-5-4-6-8-14/h4-10,13H,11H2,1-3H3/b10-9+. The highest BCUT2D eigenvalue weighted by atomic mass is 16.5. The maximum Gasteiger partial charge on any atom is 0.328 e. The van der Waals surface area contributed by atoms with E-state index in [0.29, 0.717) is 4.90 Å². The van der Waals surface area contributed by atoms with Gasteiger partial charge in [-0.05, 0) is 18.6 Å². The van der Waals surface area contributed by atoms with Gasteiger partial charge in [-0.2, -0.15) is 0 Å². The Bertz CT molecular complexity index is 627. The van der Waals surface area contributed by atoms with Crippen molar-refractivity contribution >= 4 is 30.3 Å². The molecule has 0 N–H and O–H groups in total. The average Bonchev–Trinajstić information content (AvgIpc) is 2.62. The van der Waals surface area contributed by atoms with E-state index in [4.69, 9.17) is 0 Å². The molecule has 1 aromatic rings. The Morgan fingerprint density at radius 1 is 1.25 bits per heavy atom. The molecule has 3 amide bonds. The lowest BCUT2D eigenvalue weighted by atomic mass is 10.2. The van der Waals surface area contributed by atoms with Gasteiger partial charge < -0.3 is 9.64 Å². The number of urea groups is 1. The van der Waals surface area contributed by atoms with E-state index in [1.807, 2.05) is 6.07 Å². The monoisotopic (exact) mass is 331 g/mol. The summed E-state index contributed by atoms with van der Waals surface area (Å²) in [5.41, 5.74) is 0.768. The molecule has 1 atom stereocenters. The first-order valence-corrected chi connectivity index (χ1v) is 7.16. The van der Waals surface area contributed by atoms with Crippen molar-refractivity contribution in [3.05, 3.63) is 42.0 Å². The molecule has 7 nitrogen and oxygen atoms in total. The number of methoxy groups -OCH3 is 1. The normalized spacial score (nSPS) is 11.6. The molecule has 0 aliphatic carbocycles. The summed E-state index contributed by atoms with van der Waals surface area (Å²) >= 11 is 0. The van der Waals surface area contributed by atoms with Gasteiger partial charge in [-0.1, -0.05) is 30.3 Å². The Morgan fingerprint density at radius 3 is 2.42 bits per heavy atom. The van der Waals surface area contributed by atoms with E-state index < -0.39 is 30.5 Å². The molecule has 0 saturated carbocycles. The van der Waals surface area contributed by atoms with Gasteiger partial charge in [-0.15, -0.1) is 0 Å². The molecule has 0 aliphatic heterocycles. The zero-order chi connectivity index (χ0) is 18.1. The molecule has 1 unspecified atom stereocenters. The van der Waals surface area contributed by atoms with Crippen LogP contribution in [0, 0.1) is 0 Å². The van der Waals surface area contributed by atoms with E-state index in [2.05, 4.69) is 4.74 Å². The number of imide groups is 1. The van der Waals surface area contributed by atoms with Crippen molar-refractivity contribution in [2.24, 2.45) is 0 Å². The number of hydrogen-bond donors (Lipinski definition) is 0. The smallest absolute Gasteiger partial charge is 0.328 e. The van der Waals surface area contributed by atoms with Gasteiger partial charge in [0.1, 0.15) is 6.04 Å². The summed E-state index contributed by atoms with van der Waals surface area (Å²) < 4.78 is 4.56. The van der Waals surface area contributed by atoms with E-state index in [-0.39, 0.29) is 0 Å². The van der Waals surface area contributed by atoms with Crippen LogP contribution in [0.25, 0.3) is 6.08 Å². The van der Waals surface area contributed by atoms with Crippen LogP contribution in [0.2, 0.25) is 0 Å². The van der Waals surface area contributed by atoms with Crippen molar-refractivity contribution in [1.82, 2.24) is 9.80 Å². The molecule has 0 fully saturated rings. The largest absolute Gasteiger partial charge is 0.467 e. The summed E-state index contributed by atoms with van der Waals surface area (Å²) in [5.74, 6) is -1.32. The van der Waals surface area contributed by atoms with Gasteiger partial charge >= 0.3 is 12.0 Å². The minimum atomic E-state index is -0.900. The Morgan fingerprint density at radius 2 is 1.88 bits per heavy atom. The molecule has 0 aromatic heterocycles. The fraction of sp³-hybridized carbons (Fsp3) is 0.294. The third kappa shape index (κ3) is 5.05. The number of amides is 3. The molecule has 1 radical (unpaired) electrons.